The molecule has 170 valence electrons. The second-order valence-electron chi connectivity index (χ2n) is 6.81. The van der Waals surface area contributed by atoms with Gasteiger partial charge >= 0.3 is 12.4 Å². The molecular weight excluding hydrogens is 448 g/mol. The largest absolute Gasteiger partial charge is 0.416 e. The average molecular weight is 467 g/mol. The van der Waals surface area contributed by atoms with Crippen molar-refractivity contribution >= 4 is 15.8 Å². The molecule has 2 rings (SSSR count). The molecule has 0 spiro atoms. The molecule has 0 amide bonds. The highest BCUT2D eigenvalue weighted by Crippen LogP contribution is 2.29. The summed E-state index contributed by atoms with van der Waals surface area (Å²) < 4.78 is 101. The van der Waals surface area contributed by atoms with Gasteiger partial charge in [0.25, 0.3) is 0 Å². The molecule has 1 N–H and O–H groups in total. The zero-order valence-corrected chi connectivity index (χ0v) is 17.1. The molecule has 0 aliphatic carbocycles. The van der Waals surface area contributed by atoms with E-state index in [1.54, 1.807) is 6.92 Å². The second kappa shape index (κ2) is 9.39. The number of benzene rings is 2. The summed E-state index contributed by atoms with van der Waals surface area (Å²) in [5.74, 6) is -0.466. The van der Waals surface area contributed by atoms with E-state index in [9.17, 15) is 39.6 Å². The van der Waals surface area contributed by atoms with Crippen molar-refractivity contribution in [2.24, 2.45) is 0 Å². The van der Waals surface area contributed by atoms with E-state index in [2.05, 4.69) is 0 Å². The van der Waals surface area contributed by atoms with E-state index in [1.165, 1.54) is 22.9 Å². The van der Waals surface area contributed by atoms with E-state index in [4.69, 9.17) is 0 Å². The Morgan fingerprint density at radius 3 is 2.19 bits per heavy atom. The highest BCUT2D eigenvalue weighted by Gasteiger charge is 2.31. The number of ketones is 1. The fraction of sp³-hybridized carbons (Fsp3) is 0.350. The highest BCUT2D eigenvalue weighted by atomic mass is 32.2. The summed E-state index contributed by atoms with van der Waals surface area (Å²) in [6.45, 7) is 0.000855. The molecule has 0 saturated carbocycles. The molecule has 2 aromatic rings. The molecule has 0 heterocycles. The Morgan fingerprint density at radius 2 is 1.61 bits per heavy atom. The lowest BCUT2D eigenvalue weighted by Gasteiger charge is -2.13. The Balaban J connectivity index is 2.22. The summed E-state index contributed by atoms with van der Waals surface area (Å²) in [5.41, 5.74) is 0.144. The number of aryl methyl sites for hydroxylation is 1. The number of halogens is 6. The zero-order valence-electron chi connectivity index (χ0n) is 16.3. The summed E-state index contributed by atoms with van der Waals surface area (Å²) in [4.78, 5) is 12.0. The molecule has 0 radical (unpaired) electrons. The third kappa shape index (κ3) is 7.35. The van der Waals surface area contributed by atoms with Gasteiger partial charge in [-0.1, -0.05) is 31.2 Å². The minimum atomic E-state index is -4.74. The van der Waals surface area contributed by atoms with Crippen LogP contribution in [0, 0.1) is 0 Å². The maximum atomic E-state index is 12.8. The molecule has 0 unspecified atom stereocenters. The Labute approximate surface area is 175 Å². The van der Waals surface area contributed by atoms with E-state index in [0.29, 0.717) is 12.0 Å². The average Bonchev–Trinajstić information content (AvgIpc) is 2.65. The van der Waals surface area contributed by atoms with Crippen LogP contribution in [0.4, 0.5) is 26.3 Å². The molecule has 2 aromatic carbocycles. The number of rotatable bonds is 8. The number of nitrogens with one attached hydrogen (secondary N) is 1. The van der Waals surface area contributed by atoms with Crippen LogP contribution < -0.4 is 4.72 Å². The number of alkyl halides is 6. The lowest BCUT2D eigenvalue weighted by atomic mass is 9.97. The minimum Gasteiger partial charge on any atom is -0.299 e. The van der Waals surface area contributed by atoms with E-state index in [0.717, 1.165) is 24.3 Å². The van der Waals surface area contributed by atoms with Gasteiger partial charge < -0.3 is 0 Å². The lowest BCUT2D eigenvalue weighted by Crippen LogP contribution is -2.33. The van der Waals surface area contributed by atoms with Crippen molar-refractivity contribution in [1.82, 2.24) is 4.72 Å². The first-order chi connectivity index (χ1) is 14.2. The molecule has 0 bridgehead atoms. The molecule has 31 heavy (non-hydrogen) atoms. The van der Waals surface area contributed by atoms with Crippen LogP contribution in [0.3, 0.4) is 0 Å². The third-order valence-corrected chi connectivity index (χ3v) is 5.77. The summed E-state index contributed by atoms with van der Waals surface area (Å²) >= 11 is 0. The minimum absolute atomic E-state index is 0.147. The molecule has 11 heteroatoms. The SMILES string of the molecule is CCc1ccc(S(=O)(=O)NCC(F)(F)F)cc1CC(=O)Cc1cccc(C(F)(F)F)c1. The quantitative estimate of drug-likeness (QED) is 0.583. The number of carbonyl (C=O) groups is 1. The van der Waals surface area contributed by atoms with Crippen molar-refractivity contribution in [3.63, 3.8) is 0 Å². The monoisotopic (exact) mass is 467 g/mol. The highest BCUT2D eigenvalue weighted by molar-refractivity contribution is 7.89. The second-order valence-corrected chi connectivity index (χ2v) is 8.58. The predicted octanol–water partition coefficient (Wildman–Crippen LogP) is 4.46. The summed E-state index contributed by atoms with van der Waals surface area (Å²) in [7, 11) is -4.46. The number of carbonyl (C=O) groups excluding carboxylic acids is 1. The fourth-order valence-corrected chi connectivity index (χ4v) is 3.96. The van der Waals surface area contributed by atoms with Crippen molar-refractivity contribution in [2.45, 2.75) is 43.4 Å². The van der Waals surface area contributed by atoms with Crippen LogP contribution in [-0.2, 0) is 40.3 Å². The van der Waals surface area contributed by atoms with Crippen molar-refractivity contribution in [2.75, 3.05) is 6.54 Å². The van der Waals surface area contributed by atoms with E-state index in [-0.39, 0.29) is 24.0 Å². The van der Waals surface area contributed by atoms with Gasteiger partial charge in [-0.3, -0.25) is 4.79 Å². The van der Waals surface area contributed by atoms with Crippen LogP contribution in [0.15, 0.2) is 47.4 Å². The molecule has 4 nitrogen and oxygen atoms in total. The van der Waals surface area contributed by atoms with Crippen LogP contribution in [0.2, 0.25) is 0 Å². The third-order valence-electron chi connectivity index (χ3n) is 4.37. The molecule has 0 saturated heterocycles. The van der Waals surface area contributed by atoms with Gasteiger partial charge in [-0.15, -0.1) is 0 Å². The van der Waals surface area contributed by atoms with Gasteiger partial charge in [0, 0.05) is 12.8 Å². The van der Waals surface area contributed by atoms with E-state index in [1.807, 2.05) is 0 Å². The summed E-state index contributed by atoms with van der Waals surface area (Å²) in [6, 6.07) is 7.94. The molecule has 0 atom stereocenters. The molecular formula is C20H19F6NO3S. The van der Waals surface area contributed by atoms with Crippen molar-refractivity contribution in [3.05, 3.63) is 64.7 Å². The van der Waals surface area contributed by atoms with Gasteiger partial charge in [0.15, 0.2) is 0 Å². The van der Waals surface area contributed by atoms with E-state index < -0.39 is 45.2 Å². The Hall–Kier alpha value is -2.40. The van der Waals surface area contributed by atoms with Gasteiger partial charge in [0.05, 0.1) is 10.5 Å². The zero-order chi connectivity index (χ0) is 23.4. The van der Waals surface area contributed by atoms with Gasteiger partial charge in [0.1, 0.15) is 12.3 Å². The van der Waals surface area contributed by atoms with Gasteiger partial charge in [-0.05, 0) is 41.3 Å². The summed E-state index contributed by atoms with van der Waals surface area (Å²) in [6.07, 6.45) is -9.46. The number of hydrogen-bond acceptors (Lipinski definition) is 3. The van der Waals surface area contributed by atoms with Gasteiger partial charge in [-0.2, -0.15) is 26.3 Å². The standard InChI is InChI=1S/C20H19F6NO3S/c1-2-14-6-7-18(31(29,30)27-12-19(21,22)23)11-15(14)10-17(28)9-13-4-3-5-16(8-13)20(24,25)26/h3-8,11,27H,2,9-10,12H2,1H3. The van der Waals surface area contributed by atoms with Crippen molar-refractivity contribution in [3.8, 4) is 0 Å². The van der Waals surface area contributed by atoms with Crippen LogP contribution >= 0.6 is 0 Å². The maximum absolute atomic E-state index is 12.8. The topological polar surface area (TPSA) is 63.2 Å². The van der Waals surface area contributed by atoms with Crippen LogP contribution in [0.5, 0.6) is 0 Å². The van der Waals surface area contributed by atoms with Crippen molar-refractivity contribution in [1.29, 1.82) is 0 Å². The fourth-order valence-electron chi connectivity index (χ4n) is 2.90. The maximum Gasteiger partial charge on any atom is 0.416 e. The number of Topliss-reactive ketones (excluding diaryl/α,β-unsaturated/α-hetero) is 1. The molecule has 0 aliphatic heterocycles. The lowest BCUT2D eigenvalue weighted by molar-refractivity contribution is -0.137. The Bertz CT molecular complexity index is 1050. The smallest absolute Gasteiger partial charge is 0.299 e. The van der Waals surface area contributed by atoms with Gasteiger partial charge in [-0.25, -0.2) is 13.1 Å². The van der Waals surface area contributed by atoms with E-state index >= 15 is 0 Å². The van der Waals surface area contributed by atoms with Crippen LogP contribution in [-0.4, -0.2) is 26.9 Å². The van der Waals surface area contributed by atoms with Gasteiger partial charge in [0.2, 0.25) is 10.0 Å². The normalized spacial score (nSPS) is 12.7. The molecule has 0 fully saturated rings. The Kier molecular flexibility index (Phi) is 7.53. The predicted molar refractivity (Wildman–Crippen MR) is 101 cm³/mol. The van der Waals surface area contributed by atoms with Crippen LogP contribution in [0.1, 0.15) is 29.2 Å². The first-order valence-electron chi connectivity index (χ1n) is 9.07. The molecule has 0 aliphatic rings. The molecule has 0 aromatic heterocycles. The first kappa shape index (κ1) is 24.9. The summed E-state index contributed by atoms with van der Waals surface area (Å²) in [5, 5.41) is 0. The first-order valence-corrected chi connectivity index (χ1v) is 10.6. The van der Waals surface area contributed by atoms with Crippen LogP contribution in [0.25, 0.3) is 0 Å². The van der Waals surface area contributed by atoms with Crippen molar-refractivity contribution < 1.29 is 39.6 Å². The number of sulfonamides is 1. The Morgan fingerprint density at radius 1 is 0.935 bits per heavy atom. The number of hydrogen-bond donors (Lipinski definition) is 1.